The van der Waals surface area contributed by atoms with E-state index in [0.717, 1.165) is 6.42 Å². The number of benzene rings is 2. The summed E-state index contributed by atoms with van der Waals surface area (Å²) in [4.78, 5) is 0. The average molecular weight is 313 g/mol. The molecule has 0 saturated heterocycles. The van der Waals surface area contributed by atoms with Gasteiger partial charge in [0.25, 0.3) is 0 Å². The van der Waals surface area contributed by atoms with Gasteiger partial charge in [-0.25, -0.2) is 0 Å². The van der Waals surface area contributed by atoms with Crippen molar-refractivity contribution in [2.75, 3.05) is 0 Å². The smallest absolute Gasteiger partial charge is 0.0329 e. The molecular formula is C18H17Br. The summed E-state index contributed by atoms with van der Waals surface area (Å²) in [6.45, 7) is 2.24. The zero-order chi connectivity index (χ0) is 13.2. The average Bonchev–Trinajstić information content (AvgIpc) is 2.84. The molecular weight excluding hydrogens is 296 g/mol. The molecule has 0 nitrogen and oxygen atoms in total. The second kappa shape index (κ2) is 5.34. The topological polar surface area (TPSA) is 0 Å². The van der Waals surface area contributed by atoms with Crippen LogP contribution in [0.3, 0.4) is 0 Å². The van der Waals surface area contributed by atoms with Crippen LogP contribution in [0.15, 0.2) is 52.5 Å². The van der Waals surface area contributed by atoms with Gasteiger partial charge in [0.05, 0.1) is 0 Å². The van der Waals surface area contributed by atoms with Gasteiger partial charge < -0.3 is 0 Å². The normalized spacial score (nSPS) is 13.3. The fourth-order valence-corrected chi connectivity index (χ4v) is 3.50. The van der Waals surface area contributed by atoms with Crippen molar-refractivity contribution in [3.05, 3.63) is 63.6 Å². The second-order valence-corrected chi connectivity index (χ2v) is 5.89. The summed E-state index contributed by atoms with van der Waals surface area (Å²) in [7, 11) is 0. The Morgan fingerprint density at radius 2 is 1.84 bits per heavy atom. The standard InChI is InChI=1S/C18H17Br/c1-2-6-13-11-15-9-10-16(18(19)17(15)12-13)14-7-4-3-5-8-14/h3-5,7-10,12H,2,6,11H2,1H3. The molecule has 0 amide bonds. The quantitative estimate of drug-likeness (QED) is 0.666. The van der Waals surface area contributed by atoms with Crippen molar-refractivity contribution < 1.29 is 0 Å². The fraction of sp³-hybridized carbons (Fsp3) is 0.222. The lowest BCUT2D eigenvalue weighted by atomic mass is 10.0. The molecule has 2 aromatic rings. The van der Waals surface area contributed by atoms with E-state index in [-0.39, 0.29) is 0 Å². The highest BCUT2D eigenvalue weighted by molar-refractivity contribution is 9.10. The lowest BCUT2D eigenvalue weighted by Crippen LogP contribution is -1.88. The predicted molar refractivity (Wildman–Crippen MR) is 86.2 cm³/mol. The molecule has 0 spiro atoms. The van der Waals surface area contributed by atoms with Gasteiger partial charge >= 0.3 is 0 Å². The molecule has 0 bridgehead atoms. The number of halogens is 1. The molecule has 0 unspecified atom stereocenters. The number of rotatable bonds is 3. The van der Waals surface area contributed by atoms with E-state index in [2.05, 4.69) is 71.4 Å². The van der Waals surface area contributed by atoms with Crippen LogP contribution in [0, 0.1) is 0 Å². The van der Waals surface area contributed by atoms with Gasteiger partial charge in [-0.3, -0.25) is 0 Å². The summed E-state index contributed by atoms with van der Waals surface area (Å²) in [6, 6.07) is 15.1. The van der Waals surface area contributed by atoms with Crippen LogP contribution in [0.1, 0.15) is 30.9 Å². The molecule has 0 radical (unpaired) electrons. The van der Waals surface area contributed by atoms with Crippen molar-refractivity contribution >= 4 is 22.0 Å². The molecule has 0 aliphatic heterocycles. The summed E-state index contributed by atoms with van der Waals surface area (Å²) >= 11 is 3.80. The van der Waals surface area contributed by atoms with Crippen molar-refractivity contribution in [2.45, 2.75) is 26.2 Å². The lowest BCUT2D eigenvalue weighted by Gasteiger charge is -2.09. The molecule has 1 aliphatic carbocycles. The van der Waals surface area contributed by atoms with Gasteiger partial charge in [0.1, 0.15) is 0 Å². The van der Waals surface area contributed by atoms with E-state index in [4.69, 9.17) is 0 Å². The van der Waals surface area contributed by atoms with Crippen LogP contribution in [0.25, 0.3) is 17.2 Å². The van der Waals surface area contributed by atoms with Crippen molar-refractivity contribution in [1.29, 1.82) is 0 Å². The molecule has 19 heavy (non-hydrogen) atoms. The summed E-state index contributed by atoms with van der Waals surface area (Å²) in [6.07, 6.45) is 5.93. The lowest BCUT2D eigenvalue weighted by molar-refractivity contribution is 0.886. The van der Waals surface area contributed by atoms with Crippen LogP contribution in [-0.2, 0) is 6.42 Å². The van der Waals surface area contributed by atoms with Crippen LogP contribution in [0.2, 0.25) is 0 Å². The predicted octanol–water partition coefficient (Wildman–Crippen LogP) is 5.86. The molecule has 96 valence electrons. The molecule has 1 aliphatic rings. The third-order valence-electron chi connectivity index (χ3n) is 3.69. The van der Waals surface area contributed by atoms with Crippen LogP contribution >= 0.6 is 15.9 Å². The van der Waals surface area contributed by atoms with E-state index >= 15 is 0 Å². The van der Waals surface area contributed by atoms with Gasteiger partial charge in [-0.2, -0.15) is 0 Å². The summed E-state index contributed by atoms with van der Waals surface area (Å²) < 4.78 is 1.24. The van der Waals surface area contributed by atoms with Crippen molar-refractivity contribution in [3.63, 3.8) is 0 Å². The van der Waals surface area contributed by atoms with Gasteiger partial charge in [0, 0.05) is 4.47 Å². The van der Waals surface area contributed by atoms with Crippen molar-refractivity contribution in [3.8, 4) is 11.1 Å². The van der Waals surface area contributed by atoms with Gasteiger partial charge in [-0.15, -0.1) is 0 Å². The number of hydrogen-bond acceptors (Lipinski definition) is 0. The van der Waals surface area contributed by atoms with E-state index in [1.54, 1.807) is 5.57 Å². The van der Waals surface area contributed by atoms with Crippen LogP contribution in [0.4, 0.5) is 0 Å². The minimum absolute atomic E-state index is 1.12. The summed E-state index contributed by atoms with van der Waals surface area (Å²) in [5.41, 5.74) is 6.95. The van der Waals surface area contributed by atoms with E-state index in [0.29, 0.717) is 0 Å². The maximum Gasteiger partial charge on any atom is 0.0329 e. The van der Waals surface area contributed by atoms with Crippen LogP contribution in [0.5, 0.6) is 0 Å². The fourth-order valence-electron chi connectivity index (χ4n) is 2.77. The highest BCUT2D eigenvalue weighted by Gasteiger charge is 2.17. The maximum absolute atomic E-state index is 3.80. The minimum Gasteiger partial charge on any atom is -0.0652 e. The largest absolute Gasteiger partial charge is 0.0652 e. The first-order valence-electron chi connectivity index (χ1n) is 6.86. The number of fused-ring (bicyclic) bond motifs is 1. The number of allylic oxidation sites excluding steroid dienone is 1. The van der Waals surface area contributed by atoms with Gasteiger partial charge in [0.2, 0.25) is 0 Å². The van der Waals surface area contributed by atoms with E-state index in [1.807, 2.05) is 0 Å². The van der Waals surface area contributed by atoms with Gasteiger partial charge in [-0.1, -0.05) is 67.5 Å². The molecule has 0 heterocycles. The Balaban J connectivity index is 2.05. The zero-order valence-corrected chi connectivity index (χ0v) is 12.7. The molecule has 0 fully saturated rings. The van der Waals surface area contributed by atoms with E-state index in [1.165, 1.54) is 39.6 Å². The molecule has 3 rings (SSSR count). The Labute approximate surface area is 123 Å². The molecule has 0 N–H and O–H groups in total. The first-order valence-corrected chi connectivity index (χ1v) is 7.65. The molecule has 0 aromatic heterocycles. The zero-order valence-electron chi connectivity index (χ0n) is 11.1. The maximum atomic E-state index is 3.80. The monoisotopic (exact) mass is 312 g/mol. The van der Waals surface area contributed by atoms with E-state index in [9.17, 15) is 0 Å². The first-order chi connectivity index (χ1) is 9.29. The Hall–Kier alpha value is -1.34. The third kappa shape index (κ3) is 2.40. The van der Waals surface area contributed by atoms with Crippen molar-refractivity contribution in [1.82, 2.24) is 0 Å². The SMILES string of the molecule is CCCC1=Cc2c(ccc(-c3ccccc3)c2Br)C1. The summed E-state index contributed by atoms with van der Waals surface area (Å²) in [5, 5.41) is 0. The van der Waals surface area contributed by atoms with Crippen LogP contribution in [-0.4, -0.2) is 0 Å². The van der Waals surface area contributed by atoms with Crippen molar-refractivity contribution in [2.24, 2.45) is 0 Å². The molecule has 0 saturated carbocycles. The highest BCUT2D eigenvalue weighted by Crippen LogP contribution is 2.38. The summed E-state index contributed by atoms with van der Waals surface area (Å²) in [5.74, 6) is 0. The third-order valence-corrected chi connectivity index (χ3v) is 4.55. The second-order valence-electron chi connectivity index (χ2n) is 5.10. The minimum atomic E-state index is 1.12. The Kier molecular flexibility index (Phi) is 3.56. The van der Waals surface area contributed by atoms with Gasteiger partial charge in [-0.05, 0) is 51.0 Å². The molecule has 1 heteroatoms. The number of hydrogen-bond donors (Lipinski definition) is 0. The Morgan fingerprint density at radius 3 is 2.58 bits per heavy atom. The van der Waals surface area contributed by atoms with E-state index < -0.39 is 0 Å². The van der Waals surface area contributed by atoms with Crippen LogP contribution < -0.4 is 0 Å². The first kappa shape index (κ1) is 12.7. The Morgan fingerprint density at radius 1 is 1.05 bits per heavy atom. The highest BCUT2D eigenvalue weighted by atomic mass is 79.9. The Bertz CT molecular complexity index is 624. The molecule has 2 aromatic carbocycles. The van der Waals surface area contributed by atoms with Gasteiger partial charge in [0.15, 0.2) is 0 Å². The molecule has 0 atom stereocenters.